The lowest BCUT2D eigenvalue weighted by molar-refractivity contribution is 0.0724. The van der Waals surface area contributed by atoms with Gasteiger partial charge in [-0.1, -0.05) is 71.1 Å². The van der Waals surface area contributed by atoms with Gasteiger partial charge in [0.25, 0.3) is 0 Å². The van der Waals surface area contributed by atoms with Crippen LogP contribution in [0.1, 0.15) is 84.0 Å². The number of ether oxygens (including phenoxy) is 1. The van der Waals surface area contributed by atoms with E-state index >= 15 is 0 Å². The Morgan fingerprint density at radius 1 is 0.864 bits per heavy atom. The summed E-state index contributed by atoms with van der Waals surface area (Å²) in [5, 5.41) is 21.8. The molecule has 1 aliphatic heterocycles. The quantitative estimate of drug-likeness (QED) is 0.430. The summed E-state index contributed by atoms with van der Waals surface area (Å²) in [5.74, 6) is 0. The van der Waals surface area contributed by atoms with E-state index in [0.29, 0.717) is 6.61 Å². The molecule has 0 spiro atoms. The van der Waals surface area contributed by atoms with Crippen LogP contribution in [0.25, 0.3) is 0 Å². The van der Waals surface area contributed by atoms with Gasteiger partial charge in [-0.15, -0.1) is 0 Å². The molecule has 1 heterocycles. The Hall–Kier alpha value is -0.160. The molecule has 132 valence electrons. The second kappa shape index (κ2) is 12.3. The number of nitrogens with one attached hydrogen (secondary N) is 1. The van der Waals surface area contributed by atoms with Crippen molar-refractivity contribution in [1.82, 2.24) is 5.32 Å². The second-order valence-electron chi connectivity index (χ2n) is 6.86. The molecule has 22 heavy (non-hydrogen) atoms. The standard InChI is InChI=1S/C18H37NO3/c1-2-3-4-5-6-7-8-9-10-11-12-13-17-19-18(14-20,15-21)16-22-17/h17,19-21H,2-16H2,1H3. The molecule has 1 fully saturated rings. The zero-order chi connectivity index (χ0) is 16.1. The third-order valence-corrected chi connectivity index (χ3v) is 4.70. The van der Waals surface area contributed by atoms with Crippen LogP contribution >= 0.6 is 0 Å². The summed E-state index contributed by atoms with van der Waals surface area (Å²) in [4.78, 5) is 0. The number of rotatable bonds is 14. The van der Waals surface area contributed by atoms with Crippen LogP contribution in [0, 0.1) is 0 Å². The normalized spacial score (nSPS) is 20.6. The molecule has 0 radical (unpaired) electrons. The van der Waals surface area contributed by atoms with Gasteiger partial charge in [-0.05, 0) is 12.8 Å². The predicted molar refractivity (Wildman–Crippen MR) is 90.9 cm³/mol. The zero-order valence-corrected chi connectivity index (χ0v) is 14.5. The van der Waals surface area contributed by atoms with E-state index in [2.05, 4.69) is 12.2 Å². The van der Waals surface area contributed by atoms with E-state index in [1.165, 1.54) is 64.2 Å². The lowest BCUT2D eigenvalue weighted by atomic mass is 10.0. The first-order valence-corrected chi connectivity index (χ1v) is 9.37. The van der Waals surface area contributed by atoms with Crippen molar-refractivity contribution in [3.8, 4) is 0 Å². The predicted octanol–water partition coefficient (Wildman–Crippen LogP) is 3.36. The van der Waals surface area contributed by atoms with Crippen LogP contribution in [-0.2, 0) is 4.74 Å². The van der Waals surface area contributed by atoms with Crippen LogP contribution in [-0.4, -0.2) is 41.8 Å². The highest BCUT2D eigenvalue weighted by molar-refractivity contribution is 4.92. The highest BCUT2D eigenvalue weighted by Gasteiger charge is 2.38. The minimum absolute atomic E-state index is 0.00198. The molecule has 1 saturated heterocycles. The Morgan fingerprint density at radius 3 is 1.82 bits per heavy atom. The van der Waals surface area contributed by atoms with E-state index in [1.807, 2.05) is 0 Å². The maximum atomic E-state index is 9.29. The molecule has 1 unspecified atom stereocenters. The molecule has 1 aliphatic rings. The SMILES string of the molecule is CCCCCCCCCCCCCC1NC(CO)(CO)CO1. The van der Waals surface area contributed by atoms with Gasteiger partial charge >= 0.3 is 0 Å². The zero-order valence-electron chi connectivity index (χ0n) is 14.5. The molecule has 0 bridgehead atoms. The van der Waals surface area contributed by atoms with Crippen molar-refractivity contribution in [1.29, 1.82) is 0 Å². The highest BCUT2D eigenvalue weighted by Crippen LogP contribution is 2.19. The van der Waals surface area contributed by atoms with Crippen LogP contribution in [0.4, 0.5) is 0 Å². The summed E-state index contributed by atoms with van der Waals surface area (Å²) in [6, 6.07) is 0. The maximum Gasteiger partial charge on any atom is 0.108 e. The average Bonchev–Trinajstić information content (AvgIpc) is 2.97. The van der Waals surface area contributed by atoms with Gasteiger partial charge in [-0.2, -0.15) is 0 Å². The van der Waals surface area contributed by atoms with E-state index < -0.39 is 5.54 Å². The summed E-state index contributed by atoms with van der Waals surface area (Å²) >= 11 is 0. The molecule has 0 aromatic rings. The molecule has 0 aromatic heterocycles. The van der Waals surface area contributed by atoms with Crippen LogP contribution in [0.3, 0.4) is 0 Å². The van der Waals surface area contributed by atoms with Gasteiger partial charge in [0.1, 0.15) is 6.23 Å². The van der Waals surface area contributed by atoms with Gasteiger partial charge in [0.2, 0.25) is 0 Å². The lowest BCUT2D eigenvalue weighted by Gasteiger charge is -2.23. The smallest absolute Gasteiger partial charge is 0.108 e. The summed E-state index contributed by atoms with van der Waals surface area (Å²) in [6.45, 7) is 2.53. The first-order chi connectivity index (χ1) is 10.8. The fraction of sp³-hybridized carbons (Fsp3) is 1.00. The minimum atomic E-state index is -0.623. The first kappa shape index (κ1) is 19.9. The molecular formula is C18H37NO3. The Bertz CT molecular complexity index is 257. The van der Waals surface area contributed by atoms with E-state index in [0.717, 1.165) is 12.8 Å². The molecule has 1 atom stereocenters. The first-order valence-electron chi connectivity index (χ1n) is 9.37. The van der Waals surface area contributed by atoms with Gasteiger partial charge in [-0.3, -0.25) is 5.32 Å². The molecule has 4 heteroatoms. The Labute approximate surface area is 136 Å². The lowest BCUT2D eigenvalue weighted by Crippen LogP contribution is -2.51. The van der Waals surface area contributed by atoms with Crippen molar-refractivity contribution in [2.75, 3.05) is 19.8 Å². The number of aliphatic hydroxyl groups excluding tert-OH is 2. The van der Waals surface area contributed by atoms with Crippen LogP contribution in [0.2, 0.25) is 0 Å². The molecule has 0 amide bonds. The molecule has 3 N–H and O–H groups in total. The van der Waals surface area contributed by atoms with Crippen molar-refractivity contribution >= 4 is 0 Å². The number of hydrogen-bond acceptors (Lipinski definition) is 4. The third-order valence-electron chi connectivity index (χ3n) is 4.70. The molecule has 0 saturated carbocycles. The summed E-state index contributed by atoms with van der Waals surface area (Å²) in [5.41, 5.74) is -0.623. The van der Waals surface area contributed by atoms with Crippen LogP contribution < -0.4 is 5.32 Å². The van der Waals surface area contributed by atoms with Crippen LogP contribution in [0.5, 0.6) is 0 Å². The van der Waals surface area contributed by atoms with Crippen molar-refractivity contribution in [2.24, 2.45) is 0 Å². The fourth-order valence-corrected chi connectivity index (χ4v) is 3.07. The minimum Gasteiger partial charge on any atom is -0.394 e. The van der Waals surface area contributed by atoms with Gasteiger partial charge in [0, 0.05) is 0 Å². The van der Waals surface area contributed by atoms with Gasteiger partial charge in [0.05, 0.1) is 25.4 Å². The molecule has 1 rings (SSSR count). The molecule has 4 nitrogen and oxygen atoms in total. The largest absolute Gasteiger partial charge is 0.394 e. The van der Waals surface area contributed by atoms with Gasteiger partial charge in [0.15, 0.2) is 0 Å². The molecular weight excluding hydrogens is 278 g/mol. The number of aliphatic hydroxyl groups is 2. The Balaban J connectivity index is 1.86. The fourth-order valence-electron chi connectivity index (χ4n) is 3.07. The van der Waals surface area contributed by atoms with Crippen molar-refractivity contribution in [2.45, 2.75) is 95.7 Å². The molecule has 0 aliphatic carbocycles. The van der Waals surface area contributed by atoms with E-state index in [9.17, 15) is 10.2 Å². The monoisotopic (exact) mass is 315 g/mol. The second-order valence-corrected chi connectivity index (χ2v) is 6.86. The van der Waals surface area contributed by atoms with Crippen molar-refractivity contribution in [3.63, 3.8) is 0 Å². The highest BCUT2D eigenvalue weighted by atomic mass is 16.5. The van der Waals surface area contributed by atoms with E-state index in [4.69, 9.17) is 4.74 Å². The van der Waals surface area contributed by atoms with E-state index in [-0.39, 0.29) is 19.4 Å². The third kappa shape index (κ3) is 7.91. The Morgan fingerprint density at radius 2 is 1.36 bits per heavy atom. The topological polar surface area (TPSA) is 61.7 Å². The molecule has 0 aromatic carbocycles. The average molecular weight is 315 g/mol. The number of hydrogen-bond donors (Lipinski definition) is 3. The summed E-state index contributed by atoms with van der Waals surface area (Å²) in [6.07, 6.45) is 15.8. The summed E-state index contributed by atoms with van der Waals surface area (Å²) in [7, 11) is 0. The van der Waals surface area contributed by atoms with Gasteiger partial charge in [-0.25, -0.2) is 0 Å². The summed E-state index contributed by atoms with van der Waals surface area (Å²) < 4.78 is 5.61. The van der Waals surface area contributed by atoms with Gasteiger partial charge < -0.3 is 14.9 Å². The van der Waals surface area contributed by atoms with Crippen molar-refractivity contribution in [3.05, 3.63) is 0 Å². The number of unbranched alkanes of at least 4 members (excludes halogenated alkanes) is 10. The maximum absolute atomic E-state index is 9.29. The van der Waals surface area contributed by atoms with Crippen molar-refractivity contribution < 1.29 is 14.9 Å². The van der Waals surface area contributed by atoms with Crippen LogP contribution in [0.15, 0.2) is 0 Å². The Kier molecular flexibility index (Phi) is 11.1. The van der Waals surface area contributed by atoms with E-state index in [1.54, 1.807) is 0 Å².